The average Bonchev–Trinajstić information content (AvgIpc) is 3.08. The van der Waals surface area contributed by atoms with Crippen LogP contribution in [0.1, 0.15) is 131 Å². The van der Waals surface area contributed by atoms with Gasteiger partial charge in [0.25, 0.3) is 0 Å². The van der Waals surface area contributed by atoms with Gasteiger partial charge in [0.2, 0.25) is 0 Å². The number of aliphatic hydroxyl groups is 1. The Balaban J connectivity index is 1.42. The molecule has 0 amide bonds. The maximum absolute atomic E-state index is 10.7. The summed E-state index contributed by atoms with van der Waals surface area (Å²) < 4.78 is 0. The third-order valence-electron chi connectivity index (χ3n) is 11.9. The standard InChI is InChI=1S/C30H54O/c1-7-8-9-21(2)10-11-22(3)25-14-15-26-24-13-12-23-20-28(4,31)18-19-29(23,5)27(24)16-17-30(25,26)6/h21-27,31H,7-20H2,1-6H3/t21-,22+,23?,24-,25+,26?,27?,28-,29-,30+/m0/s1. The summed E-state index contributed by atoms with van der Waals surface area (Å²) in [6.07, 6.45) is 19.3. The van der Waals surface area contributed by atoms with Crippen LogP contribution in [0, 0.1) is 52.3 Å². The van der Waals surface area contributed by atoms with Crippen LogP contribution in [0.15, 0.2) is 0 Å². The third kappa shape index (κ3) is 4.40. The van der Waals surface area contributed by atoms with Gasteiger partial charge in [-0.3, -0.25) is 0 Å². The van der Waals surface area contributed by atoms with Crippen molar-refractivity contribution < 1.29 is 5.11 Å². The first-order valence-electron chi connectivity index (χ1n) is 14.3. The third-order valence-corrected chi connectivity index (χ3v) is 11.9. The zero-order valence-corrected chi connectivity index (χ0v) is 21.9. The van der Waals surface area contributed by atoms with Gasteiger partial charge in [-0.25, -0.2) is 0 Å². The van der Waals surface area contributed by atoms with Crippen molar-refractivity contribution in [1.29, 1.82) is 0 Å². The molecule has 0 radical (unpaired) electrons. The fraction of sp³-hybridized carbons (Fsp3) is 1.00. The molecule has 4 aliphatic rings. The molecular weight excluding hydrogens is 376 g/mol. The first kappa shape index (κ1) is 24.1. The summed E-state index contributed by atoms with van der Waals surface area (Å²) in [6, 6.07) is 0. The normalized spacial score (nSPS) is 49.1. The van der Waals surface area contributed by atoms with Gasteiger partial charge in [-0.1, -0.05) is 66.7 Å². The van der Waals surface area contributed by atoms with Gasteiger partial charge in [-0.05, 0) is 117 Å². The molecule has 1 heteroatoms. The highest BCUT2D eigenvalue weighted by Gasteiger charge is 2.61. The molecule has 3 unspecified atom stereocenters. The zero-order chi connectivity index (χ0) is 22.4. The van der Waals surface area contributed by atoms with Gasteiger partial charge in [0.15, 0.2) is 0 Å². The molecule has 4 rings (SSSR count). The molecule has 4 saturated carbocycles. The summed E-state index contributed by atoms with van der Waals surface area (Å²) in [4.78, 5) is 0. The van der Waals surface area contributed by atoms with E-state index in [2.05, 4.69) is 41.5 Å². The molecule has 4 fully saturated rings. The fourth-order valence-electron chi connectivity index (χ4n) is 9.85. The van der Waals surface area contributed by atoms with Crippen molar-refractivity contribution in [2.24, 2.45) is 52.3 Å². The minimum atomic E-state index is -0.400. The van der Waals surface area contributed by atoms with E-state index < -0.39 is 5.60 Å². The summed E-state index contributed by atoms with van der Waals surface area (Å²) in [5.74, 6) is 6.45. The van der Waals surface area contributed by atoms with Crippen molar-refractivity contribution in [3.8, 4) is 0 Å². The van der Waals surface area contributed by atoms with Gasteiger partial charge < -0.3 is 5.11 Å². The van der Waals surface area contributed by atoms with Crippen molar-refractivity contribution in [3.05, 3.63) is 0 Å². The summed E-state index contributed by atoms with van der Waals surface area (Å²) >= 11 is 0. The van der Waals surface area contributed by atoms with E-state index >= 15 is 0 Å². The van der Waals surface area contributed by atoms with Crippen molar-refractivity contribution in [3.63, 3.8) is 0 Å². The molecule has 0 aromatic carbocycles. The topological polar surface area (TPSA) is 20.2 Å². The monoisotopic (exact) mass is 430 g/mol. The molecule has 10 atom stereocenters. The van der Waals surface area contributed by atoms with Crippen molar-refractivity contribution >= 4 is 0 Å². The Morgan fingerprint density at radius 2 is 1.55 bits per heavy atom. The van der Waals surface area contributed by atoms with E-state index in [0.29, 0.717) is 10.8 Å². The van der Waals surface area contributed by atoms with Crippen LogP contribution in [-0.2, 0) is 0 Å². The van der Waals surface area contributed by atoms with Crippen LogP contribution >= 0.6 is 0 Å². The van der Waals surface area contributed by atoms with Crippen LogP contribution in [-0.4, -0.2) is 10.7 Å². The van der Waals surface area contributed by atoms with Gasteiger partial charge in [-0.15, -0.1) is 0 Å². The van der Waals surface area contributed by atoms with E-state index in [-0.39, 0.29) is 0 Å². The molecule has 31 heavy (non-hydrogen) atoms. The lowest BCUT2D eigenvalue weighted by atomic mass is 9.43. The smallest absolute Gasteiger partial charge is 0.0622 e. The number of hydrogen-bond donors (Lipinski definition) is 1. The van der Waals surface area contributed by atoms with Gasteiger partial charge in [-0.2, -0.15) is 0 Å². The Morgan fingerprint density at radius 3 is 2.29 bits per heavy atom. The lowest BCUT2D eigenvalue weighted by Crippen LogP contribution is -2.55. The van der Waals surface area contributed by atoms with E-state index in [1.54, 1.807) is 0 Å². The first-order valence-corrected chi connectivity index (χ1v) is 14.3. The lowest BCUT2D eigenvalue weighted by Gasteiger charge is -2.62. The van der Waals surface area contributed by atoms with Crippen molar-refractivity contribution in [1.82, 2.24) is 0 Å². The fourth-order valence-corrected chi connectivity index (χ4v) is 9.85. The van der Waals surface area contributed by atoms with E-state index in [9.17, 15) is 5.11 Å². The minimum absolute atomic E-state index is 0.400. The number of hydrogen-bond acceptors (Lipinski definition) is 1. The average molecular weight is 431 g/mol. The number of unbranched alkanes of at least 4 members (excludes halogenated alkanes) is 1. The highest BCUT2D eigenvalue weighted by Crippen LogP contribution is 2.68. The molecule has 0 aliphatic heterocycles. The van der Waals surface area contributed by atoms with Crippen LogP contribution in [0.25, 0.3) is 0 Å². The largest absolute Gasteiger partial charge is 0.390 e. The highest BCUT2D eigenvalue weighted by molar-refractivity contribution is 5.10. The molecule has 0 saturated heterocycles. The second-order valence-corrected chi connectivity index (χ2v) is 13.9. The molecule has 1 N–H and O–H groups in total. The van der Waals surface area contributed by atoms with Gasteiger partial charge >= 0.3 is 0 Å². The van der Waals surface area contributed by atoms with E-state index in [0.717, 1.165) is 54.3 Å². The summed E-state index contributed by atoms with van der Waals surface area (Å²) in [7, 11) is 0. The molecule has 4 aliphatic carbocycles. The Kier molecular flexibility index (Phi) is 6.96. The second-order valence-electron chi connectivity index (χ2n) is 13.9. The van der Waals surface area contributed by atoms with Gasteiger partial charge in [0.1, 0.15) is 0 Å². The Morgan fingerprint density at radius 1 is 0.806 bits per heavy atom. The highest BCUT2D eigenvalue weighted by atomic mass is 16.3. The van der Waals surface area contributed by atoms with Gasteiger partial charge in [0, 0.05) is 0 Å². The van der Waals surface area contributed by atoms with E-state index in [1.165, 1.54) is 77.0 Å². The van der Waals surface area contributed by atoms with Crippen molar-refractivity contribution in [2.45, 2.75) is 137 Å². The van der Waals surface area contributed by atoms with Crippen LogP contribution in [0.4, 0.5) is 0 Å². The Labute approximate surface area is 194 Å². The summed E-state index contributed by atoms with van der Waals surface area (Å²) in [6.45, 7) is 14.9. The molecule has 0 spiro atoms. The summed E-state index contributed by atoms with van der Waals surface area (Å²) in [5.41, 5.74) is 0.712. The van der Waals surface area contributed by atoms with Crippen LogP contribution in [0.2, 0.25) is 0 Å². The minimum Gasteiger partial charge on any atom is -0.390 e. The lowest BCUT2D eigenvalue weighted by molar-refractivity contribution is -0.148. The van der Waals surface area contributed by atoms with Gasteiger partial charge in [0.05, 0.1) is 5.60 Å². The predicted octanol–water partition coefficient (Wildman–Crippen LogP) is 8.64. The molecule has 1 nitrogen and oxygen atoms in total. The number of fused-ring (bicyclic) bond motifs is 5. The maximum Gasteiger partial charge on any atom is 0.0622 e. The second kappa shape index (κ2) is 8.96. The Hall–Kier alpha value is -0.0400. The zero-order valence-electron chi connectivity index (χ0n) is 21.9. The van der Waals surface area contributed by atoms with Crippen LogP contribution < -0.4 is 0 Å². The van der Waals surface area contributed by atoms with E-state index in [4.69, 9.17) is 0 Å². The Bertz CT molecular complexity index is 610. The number of rotatable bonds is 7. The molecule has 0 bridgehead atoms. The molecule has 0 heterocycles. The summed E-state index contributed by atoms with van der Waals surface area (Å²) in [5, 5.41) is 10.7. The first-order chi connectivity index (χ1) is 14.6. The van der Waals surface area contributed by atoms with Crippen LogP contribution in [0.3, 0.4) is 0 Å². The quantitative estimate of drug-likeness (QED) is 0.428. The maximum atomic E-state index is 10.7. The van der Waals surface area contributed by atoms with Crippen LogP contribution in [0.5, 0.6) is 0 Å². The molecule has 0 aromatic rings. The molecule has 0 aromatic heterocycles. The van der Waals surface area contributed by atoms with E-state index in [1.807, 2.05) is 0 Å². The molecular formula is C30H54O. The van der Waals surface area contributed by atoms with Crippen molar-refractivity contribution in [2.75, 3.05) is 0 Å². The SMILES string of the molecule is CCCC[C@H](C)CC[C@@H](C)[C@H]1CCC2[C@@H]3CCC4C[C@@](C)(O)CC[C@]4(C)C3CC[C@@]21C. The predicted molar refractivity (Wildman–Crippen MR) is 133 cm³/mol. The molecule has 180 valence electrons.